The van der Waals surface area contributed by atoms with Gasteiger partial charge in [-0.3, -0.25) is 0 Å². The Morgan fingerprint density at radius 1 is 0.929 bits per heavy atom. The Balaban J connectivity index is 2.11. The Kier molecular flexibility index (Phi) is 2.68. The molecule has 0 fully saturated rings. The van der Waals surface area contributed by atoms with Crippen molar-refractivity contribution < 1.29 is 4.42 Å². The predicted octanol–water partition coefficient (Wildman–Crippen LogP) is 3.43. The summed E-state index contributed by atoms with van der Waals surface area (Å²) in [5, 5.41) is 0. The van der Waals surface area contributed by atoms with E-state index in [4.69, 9.17) is 4.42 Å². The molecule has 2 rings (SSSR count). The van der Waals surface area contributed by atoms with E-state index in [1.54, 1.807) is 0 Å². The van der Waals surface area contributed by atoms with E-state index < -0.39 is 0 Å². The van der Waals surface area contributed by atoms with Crippen LogP contribution in [0.2, 0.25) is 0 Å². The molecule has 1 aromatic heterocycles. The van der Waals surface area contributed by atoms with Gasteiger partial charge in [-0.1, -0.05) is 37.3 Å². The molecule has 0 bridgehead atoms. The first-order chi connectivity index (χ1) is 6.88. The van der Waals surface area contributed by atoms with Gasteiger partial charge in [0.15, 0.2) is 0 Å². The molecule has 0 saturated carbocycles. The summed E-state index contributed by atoms with van der Waals surface area (Å²) in [6.45, 7) is 2.10. The zero-order chi connectivity index (χ0) is 9.80. The molecule has 0 aliphatic carbocycles. The van der Waals surface area contributed by atoms with E-state index in [-0.39, 0.29) is 0 Å². The van der Waals surface area contributed by atoms with Gasteiger partial charge in [-0.2, -0.15) is 0 Å². The topological polar surface area (TPSA) is 13.1 Å². The molecule has 0 unspecified atom stereocenters. The molecule has 14 heavy (non-hydrogen) atoms. The van der Waals surface area contributed by atoms with E-state index in [2.05, 4.69) is 43.3 Å². The van der Waals surface area contributed by atoms with E-state index in [0.717, 1.165) is 24.4 Å². The van der Waals surface area contributed by atoms with Crippen LogP contribution in [0, 0.1) is 0 Å². The standard InChI is InChI=1S/C13H14O/c1-2-12-8-9-13(14-12)10-11-6-4-3-5-7-11/h3-9H,2,10H2,1H3. The van der Waals surface area contributed by atoms with Crippen LogP contribution in [0.4, 0.5) is 0 Å². The summed E-state index contributed by atoms with van der Waals surface area (Å²) in [7, 11) is 0. The van der Waals surface area contributed by atoms with Crippen molar-refractivity contribution in [2.24, 2.45) is 0 Å². The Morgan fingerprint density at radius 3 is 2.29 bits per heavy atom. The monoisotopic (exact) mass is 186 g/mol. The summed E-state index contributed by atoms with van der Waals surface area (Å²) in [4.78, 5) is 0. The SMILES string of the molecule is CCc1ccc(Cc2ccccc2)o1. The van der Waals surface area contributed by atoms with E-state index in [9.17, 15) is 0 Å². The Labute approximate surface area is 84.4 Å². The largest absolute Gasteiger partial charge is 0.466 e. The first-order valence-electron chi connectivity index (χ1n) is 5.00. The second-order valence-corrected chi connectivity index (χ2v) is 3.38. The lowest BCUT2D eigenvalue weighted by Crippen LogP contribution is -1.83. The molecule has 0 radical (unpaired) electrons. The highest BCUT2D eigenvalue weighted by Gasteiger charge is 2.00. The van der Waals surface area contributed by atoms with Crippen molar-refractivity contribution in [2.45, 2.75) is 19.8 Å². The number of aryl methyl sites for hydroxylation is 1. The molecular formula is C13H14O. The maximum absolute atomic E-state index is 5.64. The first kappa shape index (κ1) is 9.07. The second-order valence-electron chi connectivity index (χ2n) is 3.38. The van der Waals surface area contributed by atoms with Gasteiger partial charge < -0.3 is 4.42 Å². The zero-order valence-corrected chi connectivity index (χ0v) is 8.36. The van der Waals surface area contributed by atoms with Crippen LogP contribution in [0.1, 0.15) is 24.0 Å². The third-order valence-corrected chi connectivity index (χ3v) is 2.29. The molecule has 0 spiro atoms. The molecule has 0 amide bonds. The van der Waals surface area contributed by atoms with Crippen molar-refractivity contribution in [1.29, 1.82) is 0 Å². The van der Waals surface area contributed by atoms with Crippen molar-refractivity contribution in [3.05, 3.63) is 59.5 Å². The number of furan rings is 1. The Morgan fingerprint density at radius 2 is 1.64 bits per heavy atom. The lowest BCUT2D eigenvalue weighted by Gasteiger charge is -1.96. The molecule has 2 aromatic rings. The highest BCUT2D eigenvalue weighted by Crippen LogP contribution is 2.13. The lowest BCUT2D eigenvalue weighted by molar-refractivity contribution is 0.478. The number of benzene rings is 1. The van der Waals surface area contributed by atoms with Crippen LogP contribution < -0.4 is 0 Å². The van der Waals surface area contributed by atoms with Gasteiger partial charge in [0.05, 0.1) is 0 Å². The fourth-order valence-corrected chi connectivity index (χ4v) is 1.50. The fraction of sp³-hybridized carbons (Fsp3) is 0.231. The minimum Gasteiger partial charge on any atom is -0.466 e. The van der Waals surface area contributed by atoms with Crippen LogP contribution in [0.3, 0.4) is 0 Å². The second kappa shape index (κ2) is 4.14. The van der Waals surface area contributed by atoms with Gasteiger partial charge in [-0.15, -0.1) is 0 Å². The molecule has 0 saturated heterocycles. The van der Waals surface area contributed by atoms with E-state index in [0.29, 0.717) is 0 Å². The summed E-state index contributed by atoms with van der Waals surface area (Å²) >= 11 is 0. The smallest absolute Gasteiger partial charge is 0.108 e. The van der Waals surface area contributed by atoms with Crippen molar-refractivity contribution in [3.8, 4) is 0 Å². The Bertz CT molecular complexity index is 387. The van der Waals surface area contributed by atoms with Crippen LogP contribution in [0.25, 0.3) is 0 Å². The maximum Gasteiger partial charge on any atom is 0.108 e. The van der Waals surface area contributed by atoms with Crippen LogP contribution >= 0.6 is 0 Å². The van der Waals surface area contributed by atoms with Gasteiger partial charge in [0.25, 0.3) is 0 Å². The van der Waals surface area contributed by atoms with Gasteiger partial charge >= 0.3 is 0 Å². The lowest BCUT2D eigenvalue weighted by atomic mass is 10.1. The summed E-state index contributed by atoms with van der Waals surface area (Å²) in [6.07, 6.45) is 1.86. The van der Waals surface area contributed by atoms with Gasteiger partial charge in [0.2, 0.25) is 0 Å². The average molecular weight is 186 g/mol. The van der Waals surface area contributed by atoms with Crippen LogP contribution in [0.5, 0.6) is 0 Å². The highest BCUT2D eigenvalue weighted by atomic mass is 16.3. The predicted molar refractivity (Wildman–Crippen MR) is 57.3 cm³/mol. The van der Waals surface area contributed by atoms with Crippen molar-refractivity contribution in [3.63, 3.8) is 0 Å². The molecule has 0 aliphatic rings. The summed E-state index contributed by atoms with van der Waals surface area (Å²) in [5.74, 6) is 2.11. The molecule has 72 valence electrons. The highest BCUT2D eigenvalue weighted by molar-refractivity contribution is 5.21. The van der Waals surface area contributed by atoms with Crippen LogP contribution in [-0.2, 0) is 12.8 Å². The number of hydrogen-bond donors (Lipinski definition) is 0. The van der Waals surface area contributed by atoms with Crippen molar-refractivity contribution in [2.75, 3.05) is 0 Å². The molecule has 0 aliphatic heterocycles. The van der Waals surface area contributed by atoms with Crippen LogP contribution in [-0.4, -0.2) is 0 Å². The maximum atomic E-state index is 5.64. The molecule has 0 N–H and O–H groups in total. The molecular weight excluding hydrogens is 172 g/mol. The van der Waals surface area contributed by atoms with Crippen molar-refractivity contribution in [1.82, 2.24) is 0 Å². The zero-order valence-electron chi connectivity index (χ0n) is 8.36. The third-order valence-electron chi connectivity index (χ3n) is 2.29. The molecule has 1 aromatic carbocycles. The molecule has 0 atom stereocenters. The summed E-state index contributed by atoms with van der Waals surface area (Å²) in [5.41, 5.74) is 1.30. The molecule has 1 nitrogen and oxygen atoms in total. The minimum atomic E-state index is 0.890. The molecule has 1 heterocycles. The number of rotatable bonds is 3. The summed E-state index contributed by atoms with van der Waals surface area (Å²) in [6, 6.07) is 14.5. The van der Waals surface area contributed by atoms with Gasteiger partial charge in [-0.05, 0) is 17.7 Å². The quantitative estimate of drug-likeness (QED) is 0.715. The first-order valence-corrected chi connectivity index (χ1v) is 5.00. The van der Waals surface area contributed by atoms with Crippen molar-refractivity contribution >= 4 is 0 Å². The van der Waals surface area contributed by atoms with Crippen LogP contribution in [0.15, 0.2) is 46.9 Å². The minimum absolute atomic E-state index is 0.890. The molecule has 1 heteroatoms. The van der Waals surface area contributed by atoms with E-state index >= 15 is 0 Å². The van der Waals surface area contributed by atoms with E-state index in [1.807, 2.05) is 6.07 Å². The third kappa shape index (κ3) is 2.05. The summed E-state index contributed by atoms with van der Waals surface area (Å²) < 4.78 is 5.64. The average Bonchev–Trinajstić information content (AvgIpc) is 2.67. The van der Waals surface area contributed by atoms with E-state index in [1.165, 1.54) is 5.56 Å². The Hall–Kier alpha value is -1.50. The number of hydrogen-bond acceptors (Lipinski definition) is 1. The normalized spacial score (nSPS) is 10.4. The fourth-order valence-electron chi connectivity index (χ4n) is 1.50. The van der Waals surface area contributed by atoms with Gasteiger partial charge in [0, 0.05) is 12.8 Å². The van der Waals surface area contributed by atoms with Gasteiger partial charge in [0.1, 0.15) is 11.5 Å². The van der Waals surface area contributed by atoms with Gasteiger partial charge in [-0.25, -0.2) is 0 Å².